The largest absolute Gasteiger partial charge is 0.423 e. The lowest BCUT2D eigenvalue weighted by Crippen LogP contribution is -2.32. The number of amides is 1. The summed E-state index contributed by atoms with van der Waals surface area (Å²) in [5, 5.41) is 10.6. The number of hydrogen-bond donors (Lipinski definition) is 1. The maximum Gasteiger partial charge on any atom is 0.420 e. The normalized spacial score (nSPS) is 12.7. The highest BCUT2D eigenvalue weighted by Gasteiger charge is 2.19. The summed E-state index contributed by atoms with van der Waals surface area (Å²) in [4.78, 5) is 24.1. The average molecular weight is 330 g/mol. The van der Waals surface area contributed by atoms with Crippen LogP contribution in [0.3, 0.4) is 0 Å². The minimum atomic E-state index is -0.570. The fourth-order valence-electron chi connectivity index (χ4n) is 2.31. The van der Waals surface area contributed by atoms with Crippen LogP contribution in [0.15, 0.2) is 37.9 Å². The summed E-state index contributed by atoms with van der Waals surface area (Å²) in [5.41, 5.74) is 1.02. The maximum absolute atomic E-state index is 12.2. The van der Waals surface area contributed by atoms with E-state index in [1.807, 2.05) is 13.8 Å². The van der Waals surface area contributed by atoms with Crippen molar-refractivity contribution < 1.29 is 13.6 Å². The molecule has 1 amide bonds. The zero-order valence-corrected chi connectivity index (χ0v) is 13.6. The second kappa shape index (κ2) is 6.31. The molecule has 2 heterocycles. The fraction of sp³-hybridized carbons (Fsp3) is 0.375. The van der Waals surface area contributed by atoms with Crippen LogP contribution in [0.4, 0.5) is 0 Å². The Morgan fingerprint density at radius 1 is 1.17 bits per heavy atom. The van der Waals surface area contributed by atoms with Crippen molar-refractivity contribution in [1.29, 1.82) is 0 Å². The van der Waals surface area contributed by atoms with Crippen LogP contribution < -0.4 is 11.1 Å². The number of rotatable bonds is 5. The van der Waals surface area contributed by atoms with Crippen molar-refractivity contribution in [2.75, 3.05) is 0 Å². The minimum absolute atomic E-state index is 0.116. The molecule has 24 heavy (non-hydrogen) atoms. The Balaban J connectivity index is 1.72. The van der Waals surface area contributed by atoms with Gasteiger partial charge in [-0.25, -0.2) is 4.79 Å². The number of hydrogen-bond acceptors (Lipinski definition) is 6. The van der Waals surface area contributed by atoms with Crippen LogP contribution >= 0.6 is 0 Å². The maximum atomic E-state index is 12.2. The third kappa shape index (κ3) is 3.08. The number of carbonyl (C=O) groups excluding carboxylic acids is 1. The van der Waals surface area contributed by atoms with Gasteiger partial charge in [0.1, 0.15) is 12.6 Å². The highest BCUT2D eigenvalue weighted by Crippen LogP contribution is 2.17. The molecule has 3 rings (SSSR count). The van der Waals surface area contributed by atoms with E-state index >= 15 is 0 Å². The second-order valence-electron chi connectivity index (χ2n) is 5.84. The van der Waals surface area contributed by atoms with E-state index in [0.717, 1.165) is 0 Å². The molecule has 126 valence electrons. The number of para-hydroxylation sites is 2. The van der Waals surface area contributed by atoms with E-state index in [-0.39, 0.29) is 18.4 Å². The van der Waals surface area contributed by atoms with Gasteiger partial charge in [-0.2, -0.15) is 0 Å². The van der Waals surface area contributed by atoms with Crippen LogP contribution in [0.2, 0.25) is 0 Å². The van der Waals surface area contributed by atoms with E-state index in [1.165, 1.54) is 4.57 Å². The Bertz CT molecular complexity index is 921. The van der Waals surface area contributed by atoms with Gasteiger partial charge in [0.2, 0.25) is 17.7 Å². The molecule has 3 aromatic rings. The van der Waals surface area contributed by atoms with Crippen molar-refractivity contribution in [1.82, 2.24) is 20.1 Å². The van der Waals surface area contributed by atoms with Gasteiger partial charge in [-0.05, 0) is 19.1 Å². The monoisotopic (exact) mass is 330 g/mol. The third-order valence-electron chi connectivity index (χ3n) is 3.57. The SMILES string of the molecule is CC(C)c1nnc([C@@H](C)NC(=O)Cn2c(=O)oc3ccccc32)o1. The Morgan fingerprint density at radius 3 is 2.58 bits per heavy atom. The van der Waals surface area contributed by atoms with Gasteiger partial charge in [0.15, 0.2) is 5.58 Å². The second-order valence-corrected chi connectivity index (χ2v) is 5.84. The molecule has 0 aliphatic heterocycles. The van der Waals surface area contributed by atoms with E-state index in [9.17, 15) is 9.59 Å². The standard InChI is InChI=1S/C16H18N4O4/c1-9(2)14-18-19-15(24-14)10(3)17-13(21)8-20-11-6-4-5-7-12(11)23-16(20)22/h4-7,9-10H,8H2,1-3H3,(H,17,21)/t10-/m1/s1. The van der Waals surface area contributed by atoms with Crippen molar-refractivity contribution in [3.8, 4) is 0 Å². The first-order valence-electron chi connectivity index (χ1n) is 7.66. The third-order valence-corrected chi connectivity index (χ3v) is 3.57. The number of benzene rings is 1. The molecular weight excluding hydrogens is 312 g/mol. The number of carbonyl (C=O) groups is 1. The minimum Gasteiger partial charge on any atom is -0.423 e. The van der Waals surface area contributed by atoms with Crippen LogP contribution in [-0.2, 0) is 11.3 Å². The number of nitrogens with zero attached hydrogens (tertiary/aromatic N) is 3. The Kier molecular flexibility index (Phi) is 4.20. The van der Waals surface area contributed by atoms with Gasteiger partial charge >= 0.3 is 5.76 Å². The Morgan fingerprint density at radius 2 is 1.88 bits per heavy atom. The molecule has 1 N–H and O–H groups in total. The predicted octanol–water partition coefficient (Wildman–Crippen LogP) is 1.98. The summed E-state index contributed by atoms with van der Waals surface area (Å²) in [7, 11) is 0. The zero-order chi connectivity index (χ0) is 17.3. The van der Waals surface area contributed by atoms with Gasteiger partial charge in [0.25, 0.3) is 0 Å². The van der Waals surface area contributed by atoms with Crippen molar-refractivity contribution in [2.24, 2.45) is 0 Å². The molecule has 1 atom stereocenters. The van der Waals surface area contributed by atoms with Gasteiger partial charge in [0, 0.05) is 5.92 Å². The van der Waals surface area contributed by atoms with E-state index in [4.69, 9.17) is 8.83 Å². The lowest BCUT2D eigenvalue weighted by Gasteiger charge is -2.10. The summed E-state index contributed by atoms with van der Waals surface area (Å²) in [5.74, 6) is 0.0453. The molecule has 8 nitrogen and oxygen atoms in total. The van der Waals surface area contributed by atoms with Crippen LogP contribution in [0, 0.1) is 0 Å². The Labute approximate surface area is 137 Å². The molecule has 0 aliphatic rings. The van der Waals surface area contributed by atoms with Crippen molar-refractivity contribution in [3.05, 3.63) is 46.6 Å². The van der Waals surface area contributed by atoms with Gasteiger partial charge < -0.3 is 14.2 Å². The number of aromatic nitrogens is 3. The lowest BCUT2D eigenvalue weighted by molar-refractivity contribution is -0.122. The topological polar surface area (TPSA) is 103 Å². The molecule has 8 heteroatoms. The van der Waals surface area contributed by atoms with Crippen molar-refractivity contribution in [2.45, 2.75) is 39.3 Å². The summed E-state index contributed by atoms with van der Waals surface area (Å²) in [6, 6.07) is 6.50. The van der Waals surface area contributed by atoms with Gasteiger partial charge in [0.05, 0.1) is 5.52 Å². The Hall–Kier alpha value is -2.90. The van der Waals surface area contributed by atoms with Gasteiger partial charge in [-0.3, -0.25) is 9.36 Å². The highest BCUT2D eigenvalue weighted by molar-refractivity contribution is 5.79. The molecule has 0 aliphatic carbocycles. The molecular formula is C16H18N4O4. The first-order valence-corrected chi connectivity index (χ1v) is 7.66. The quantitative estimate of drug-likeness (QED) is 0.767. The fourth-order valence-corrected chi connectivity index (χ4v) is 2.31. The molecule has 2 aromatic heterocycles. The molecule has 0 saturated carbocycles. The van der Waals surface area contributed by atoms with E-state index < -0.39 is 11.8 Å². The number of fused-ring (bicyclic) bond motifs is 1. The number of oxazole rings is 1. The van der Waals surface area contributed by atoms with Crippen LogP contribution in [-0.4, -0.2) is 20.7 Å². The molecule has 1 aromatic carbocycles. The molecule has 0 saturated heterocycles. The molecule has 0 unspecified atom stereocenters. The van der Waals surface area contributed by atoms with Gasteiger partial charge in [-0.1, -0.05) is 26.0 Å². The van der Waals surface area contributed by atoms with E-state index in [2.05, 4.69) is 15.5 Å². The van der Waals surface area contributed by atoms with Crippen LogP contribution in [0.25, 0.3) is 11.1 Å². The predicted molar refractivity (Wildman–Crippen MR) is 85.4 cm³/mol. The van der Waals surface area contributed by atoms with Crippen molar-refractivity contribution in [3.63, 3.8) is 0 Å². The summed E-state index contributed by atoms with van der Waals surface area (Å²) < 4.78 is 11.9. The highest BCUT2D eigenvalue weighted by atomic mass is 16.4. The first-order chi connectivity index (χ1) is 11.5. The van der Waals surface area contributed by atoms with E-state index in [0.29, 0.717) is 22.9 Å². The summed E-state index contributed by atoms with van der Waals surface area (Å²) in [6.07, 6.45) is 0. The average Bonchev–Trinajstić information content (AvgIpc) is 3.13. The van der Waals surface area contributed by atoms with Gasteiger partial charge in [-0.15, -0.1) is 10.2 Å². The summed E-state index contributed by atoms with van der Waals surface area (Å²) in [6.45, 7) is 5.48. The van der Waals surface area contributed by atoms with Crippen LogP contribution in [0.5, 0.6) is 0 Å². The molecule has 0 bridgehead atoms. The molecule has 0 radical (unpaired) electrons. The number of nitrogens with one attached hydrogen (secondary N) is 1. The van der Waals surface area contributed by atoms with Crippen molar-refractivity contribution >= 4 is 17.0 Å². The first kappa shape index (κ1) is 16.0. The molecule has 0 fully saturated rings. The summed E-state index contributed by atoms with van der Waals surface area (Å²) >= 11 is 0. The zero-order valence-electron chi connectivity index (χ0n) is 13.6. The lowest BCUT2D eigenvalue weighted by atomic mass is 10.2. The van der Waals surface area contributed by atoms with E-state index in [1.54, 1.807) is 31.2 Å². The molecule has 0 spiro atoms. The smallest absolute Gasteiger partial charge is 0.420 e. The van der Waals surface area contributed by atoms with Crippen LogP contribution in [0.1, 0.15) is 44.5 Å².